The van der Waals surface area contributed by atoms with E-state index in [1.165, 1.54) is 0 Å². The van der Waals surface area contributed by atoms with E-state index in [0.717, 1.165) is 21.3 Å². The molecule has 0 aliphatic heterocycles. The summed E-state index contributed by atoms with van der Waals surface area (Å²) in [6.45, 7) is 0. The fourth-order valence-corrected chi connectivity index (χ4v) is 2.46. The van der Waals surface area contributed by atoms with Crippen molar-refractivity contribution in [1.82, 2.24) is 4.98 Å². The first-order valence-corrected chi connectivity index (χ1v) is 7.09. The number of nitrogens with one attached hydrogen (secondary N) is 1. The summed E-state index contributed by atoms with van der Waals surface area (Å²) < 4.78 is 14.1. The van der Waals surface area contributed by atoms with Crippen molar-refractivity contribution < 1.29 is 28.6 Å². The molecule has 0 amide bonds. The van der Waals surface area contributed by atoms with Crippen LogP contribution < -0.4 is 0 Å². The second-order valence-electron chi connectivity index (χ2n) is 4.58. The minimum Gasteiger partial charge on any atom is -0.465 e. The van der Waals surface area contributed by atoms with Gasteiger partial charge in [0, 0.05) is 10.6 Å². The minimum atomic E-state index is -0.884. The zero-order valence-corrected chi connectivity index (χ0v) is 13.9. The Bertz CT molecular complexity index is 811. The number of halogens is 1. The van der Waals surface area contributed by atoms with Crippen LogP contribution in [0.2, 0.25) is 5.02 Å². The number of carbonyl (C=O) groups is 3. The van der Waals surface area contributed by atoms with Gasteiger partial charge < -0.3 is 19.2 Å². The lowest BCUT2D eigenvalue weighted by molar-refractivity contribution is 0.0537. The number of hydrogen-bond donors (Lipinski definition) is 1. The van der Waals surface area contributed by atoms with Gasteiger partial charge in [0.25, 0.3) is 0 Å². The first-order valence-electron chi connectivity index (χ1n) is 6.72. The van der Waals surface area contributed by atoms with Crippen LogP contribution in [-0.2, 0) is 14.2 Å². The number of benzene rings is 1. The molecule has 7 nitrogen and oxygen atoms in total. The number of esters is 3. The molecule has 0 saturated heterocycles. The maximum Gasteiger partial charge on any atom is 0.355 e. The Hall–Kier alpha value is -2.80. The van der Waals surface area contributed by atoms with Gasteiger partial charge in [0.05, 0.1) is 27.0 Å². The van der Waals surface area contributed by atoms with Crippen LogP contribution in [0.25, 0.3) is 11.3 Å². The number of H-pyrrole nitrogens is 1. The lowest BCUT2D eigenvalue weighted by Gasteiger charge is -2.06. The summed E-state index contributed by atoms with van der Waals surface area (Å²) in [6.07, 6.45) is 0. The molecule has 0 spiro atoms. The summed E-state index contributed by atoms with van der Waals surface area (Å²) in [7, 11) is 3.44. The first-order chi connectivity index (χ1) is 11.5. The molecule has 2 aromatic rings. The summed E-state index contributed by atoms with van der Waals surface area (Å²) in [5.74, 6) is -2.54. The third-order valence-corrected chi connectivity index (χ3v) is 3.64. The van der Waals surface area contributed by atoms with Gasteiger partial charge >= 0.3 is 17.9 Å². The molecule has 0 aliphatic rings. The number of aromatic amines is 1. The Kier molecular flexibility index (Phi) is 5.25. The van der Waals surface area contributed by atoms with E-state index < -0.39 is 17.9 Å². The molecule has 0 radical (unpaired) electrons. The van der Waals surface area contributed by atoms with Crippen molar-refractivity contribution in [2.24, 2.45) is 0 Å². The SMILES string of the molecule is COC(=O)c1[nH]c(-c2ccccc2Cl)c(C(=O)OC)c1C(=O)OC. The molecule has 0 saturated carbocycles. The van der Waals surface area contributed by atoms with Crippen molar-refractivity contribution in [2.75, 3.05) is 21.3 Å². The molecule has 0 aliphatic carbocycles. The highest BCUT2D eigenvalue weighted by Gasteiger charge is 2.33. The lowest BCUT2D eigenvalue weighted by Crippen LogP contribution is -2.14. The van der Waals surface area contributed by atoms with Crippen molar-refractivity contribution >= 4 is 29.5 Å². The molecule has 24 heavy (non-hydrogen) atoms. The van der Waals surface area contributed by atoms with Gasteiger partial charge in [0.1, 0.15) is 16.8 Å². The van der Waals surface area contributed by atoms with Gasteiger partial charge in [-0.3, -0.25) is 0 Å². The fourth-order valence-electron chi connectivity index (χ4n) is 2.23. The molecule has 0 fully saturated rings. The molecule has 8 heteroatoms. The van der Waals surface area contributed by atoms with Crippen LogP contribution in [0.1, 0.15) is 31.2 Å². The Morgan fingerprint density at radius 1 is 0.875 bits per heavy atom. The van der Waals surface area contributed by atoms with Crippen LogP contribution in [0, 0.1) is 0 Å². The van der Waals surface area contributed by atoms with Gasteiger partial charge in [-0.15, -0.1) is 0 Å². The normalized spacial score (nSPS) is 10.2. The summed E-state index contributed by atoms with van der Waals surface area (Å²) in [5, 5.41) is 0.316. The number of aromatic nitrogens is 1. The number of methoxy groups -OCH3 is 3. The van der Waals surface area contributed by atoms with Crippen LogP contribution in [0.4, 0.5) is 0 Å². The summed E-state index contributed by atoms with van der Waals surface area (Å²) >= 11 is 6.16. The molecular weight excluding hydrogens is 338 g/mol. The van der Waals surface area contributed by atoms with Crippen molar-refractivity contribution in [3.8, 4) is 11.3 Å². The fraction of sp³-hybridized carbons (Fsp3) is 0.188. The smallest absolute Gasteiger partial charge is 0.355 e. The number of rotatable bonds is 4. The molecule has 1 aromatic carbocycles. The van der Waals surface area contributed by atoms with Gasteiger partial charge in [-0.25, -0.2) is 14.4 Å². The van der Waals surface area contributed by atoms with Gasteiger partial charge in [0.15, 0.2) is 0 Å². The van der Waals surface area contributed by atoms with Gasteiger partial charge in [-0.1, -0.05) is 29.8 Å². The van der Waals surface area contributed by atoms with Gasteiger partial charge in [0.2, 0.25) is 0 Å². The monoisotopic (exact) mass is 351 g/mol. The maximum absolute atomic E-state index is 12.2. The highest BCUT2D eigenvalue weighted by molar-refractivity contribution is 6.33. The van der Waals surface area contributed by atoms with Crippen molar-refractivity contribution in [2.45, 2.75) is 0 Å². The zero-order chi connectivity index (χ0) is 17.9. The Balaban J connectivity index is 2.87. The Morgan fingerprint density at radius 2 is 1.42 bits per heavy atom. The van der Waals surface area contributed by atoms with Crippen molar-refractivity contribution in [3.05, 3.63) is 46.1 Å². The standard InChI is InChI=1S/C16H14ClNO6/c1-22-14(19)10-11(15(20)23-2)13(16(21)24-3)18-12(10)8-6-4-5-7-9(8)17/h4-7,18H,1-3H3. The molecule has 0 unspecified atom stereocenters. The first kappa shape index (κ1) is 17.6. The van der Waals surface area contributed by atoms with Crippen LogP contribution in [-0.4, -0.2) is 44.2 Å². The number of carbonyl (C=O) groups excluding carboxylic acids is 3. The minimum absolute atomic E-state index is 0.155. The number of hydrogen-bond acceptors (Lipinski definition) is 6. The molecular formula is C16H14ClNO6. The van der Waals surface area contributed by atoms with E-state index in [2.05, 4.69) is 14.5 Å². The van der Waals surface area contributed by atoms with Gasteiger partial charge in [-0.05, 0) is 6.07 Å². The average molecular weight is 352 g/mol. The highest BCUT2D eigenvalue weighted by Crippen LogP contribution is 2.34. The predicted octanol–water partition coefficient (Wildman–Crippen LogP) is 2.69. The second-order valence-corrected chi connectivity index (χ2v) is 4.99. The third-order valence-electron chi connectivity index (χ3n) is 3.31. The van der Waals surface area contributed by atoms with E-state index in [-0.39, 0.29) is 22.5 Å². The average Bonchev–Trinajstić information content (AvgIpc) is 3.00. The zero-order valence-electron chi connectivity index (χ0n) is 13.1. The molecule has 0 atom stereocenters. The number of ether oxygens (including phenoxy) is 3. The van der Waals surface area contributed by atoms with E-state index in [1.54, 1.807) is 24.3 Å². The summed E-state index contributed by atoms with van der Waals surface area (Å²) in [5.41, 5.74) is -0.0724. The van der Waals surface area contributed by atoms with E-state index >= 15 is 0 Å². The molecule has 2 rings (SSSR count). The van der Waals surface area contributed by atoms with E-state index in [4.69, 9.17) is 16.3 Å². The molecule has 126 valence electrons. The molecule has 1 N–H and O–H groups in total. The van der Waals surface area contributed by atoms with E-state index in [1.807, 2.05) is 0 Å². The predicted molar refractivity (Wildman–Crippen MR) is 85.3 cm³/mol. The quantitative estimate of drug-likeness (QED) is 0.672. The van der Waals surface area contributed by atoms with Crippen LogP contribution in [0.5, 0.6) is 0 Å². The van der Waals surface area contributed by atoms with Crippen LogP contribution in [0.3, 0.4) is 0 Å². The highest BCUT2D eigenvalue weighted by atomic mass is 35.5. The molecule has 1 heterocycles. The van der Waals surface area contributed by atoms with Gasteiger partial charge in [-0.2, -0.15) is 0 Å². The molecule has 0 bridgehead atoms. The third kappa shape index (κ3) is 2.98. The van der Waals surface area contributed by atoms with E-state index in [9.17, 15) is 14.4 Å². The van der Waals surface area contributed by atoms with Crippen LogP contribution >= 0.6 is 11.6 Å². The Labute approximate surface area is 142 Å². The lowest BCUT2D eigenvalue weighted by atomic mass is 10.0. The Morgan fingerprint density at radius 3 is 1.96 bits per heavy atom. The second kappa shape index (κ2) is 7.18. The summed E-state index contributed by atoms with van der Waals surface area (Å²) in [6, 6.07) is 6.63. The topological polar surface area (TPSA) is 94.7 Å². The molecule has 1 aromatic heterocycles. The van der Waals surface area contributed by atoms with Crippen LogP contribution in [0.15, 0.2) is 24.3 Å². The largest absolute Gasteiger partial charge is 0.465 e. The summed E-state index contributed by atoms with van der Waals surface area (Å²) in [4.78, 5) is 39.1. The van der Waals surface area contributed by atoms with Crippen molar-refractivity contribution in [1.29, 1.82) is 0 Å². The van der Waals surface area contributed by atoms with E-state index in [0.29, 0.717) is 10.6 Å². The maximum atomic E-state index is 12.2. The van der Waals surface area contributed by atoms with Crippen molar-refractivity contribution in [3.63, 3.8) is 0 Å².